The minimum Gasteiger partial charge on any atom is -0.351 e. The molecule has 1 aromatic carbocycles. The molecule has 3 aromatic rings. The Labute approximate surface area is 156 Å². The topological polar surface area (TPSA) is 111 Å². The lowest BCUT2D eigenvalue weighted by Crippen LogP contribution is -2.37. The average Bonchev–Trinajstić information content (AvgIpc) is 3.30. The molecule has 2 amide bonds. The quantitative estimate of drug-likeness (QED) is 0.642. The fraction of sp³-hybridized carbons (Fsp3) is 0.316. The zero-order valence-electron chi connectivity index (χ0n) is 15.2. The highest BCUT2D eigenvalue weighted by molar-refractivity contribution is 5.98. The minimum absolute atomic E-state index is 0.0771. The van der Waals surface area contributed by atoms with Gasteiger partial charge in [-0.3, -0.25) is 14.7 Å². The highest BCUT2D eigenvalue weighted by Crippen LogP contribution is 2.24. The van der Waals surface area contributed by atoms with Crippen LogP contribution in [0.25, 0.3) is 10.9 Å². The number of rotatable bonds is 4. The van der Waals surface area contributed by atoms with Gasteiger partial charge in [-0.2, -0.15) is 5.10 Å². The highest BCUT2D eigenvalue weighted by Gasteiger charge is 2.29. The number of carbonyl (C=O) groups excluding carboxylic acids is 2. The predicted octanol–water partition coefficient (Wildman–Crippen LogP) is 1.12. The van der Waals surface area contributed by atoms with Crippen molar-refractivity contribution < 1.29 is 9.59 Å². The summed E-state index contributed by atoms with van der Waals surface area (Å²) in [6.07, 6.45) is 0.617. The van der Waals surface area contributed by atoms with Crippen LogP contribution in [0.5, 0.6) is 0 Å². The summed E-state index contributed by atoms with van der Waals surface area (Å²) in [6, 6.07) is 9.65. The molecule has 1 aliphatic rings. The summed E-state index contributed by atoms with van der Waals surface area (Å²) in [5.41, 5.74) is 9.10. The van der Waals surface area contributed by atoms with E-state index in [1.165, 1.54) is 0 Å². The zero-order chi connectivity index (χ0) is 19.0. The van der Waals surface area contributed by atoms with Crippen LogP contribution in [0.4, 0.5) is 0 Å². The minimum atomic E-state index is -0.158. The summed E-state index contributed by atoms with van der Waals surface area (Å²) < 4.78 is 0. The molecule has 140 valence electrons. The van der Waals surface area contributed by atoms with Gasteiger partial charge in [0.2, 0.25) is 0 Å². The molecular formula is C19H22N6O2. The SMILES string of the molecule is CN(CCN)C(=O)c1[nH]nc2c1CN(C(=O)c1cc3ccccc3[nH]1)CC2. The summed E-state index contributed by atoms with van der Waals surface area (Å²) in [6.45, 7) is 1.78. The van der Waals surface area contributed by atoms with Crippen molar-refractivity contribution in [2.45, 2.75) is 13.0 Å². The fourth-order valence-electron chi connectivity index (χ4n) is 3.49. The van der Waals surface area contributed by atoms with E-state index in [1.807, 2.05) is 30.3 Å². The Kier molecular flexibility index (Phi) is 4.41. The third-order valence-electron chi connectivity index (χ3n) is 4.99. The summed E-state index contributed by atoms with van der Waals surface area (Å²) in [5.74, 6) is -0.235. The second-order valence-electron chi connectivity index (χ2n) is 6.79. The van der Waals surface area contributed by atoms with Gasteiger partial charge in [0.05, 0.1) is 12.2 Å². The summed E-state index contributed by atoms with van der Waals surface area (Å²) in [7, 11) is 1.71. The number of benzene rings is 1. The van der Waals surface area contributed by atoms with E-state index in [0.29, 0.717) is 44.0 Å². The van der Waals surface area contributed by atoms with Crippen molar-refractivity contribution in [3.63, 3.8) is 0 Å². The number of carbonyl (C=O) groups is 2. The van der Waals surface area contributed by atoms with Crippen molar-refractivity contribution in [3.8, 4) is 0 Å². The monoisotopic (exact) mass is 366 g/mol. The second kappa shape index (κ2) is 6.88. The fourth-order valence-corrected chi connectivity index (χ4v) is 3.49. The first-order valence-corrected chi connectivity index (χ1v) is 8.97. The Morgan fingerprint density at radius 1 is 1.33 bits per heavy atom. The van der Waals surface area contributed by atoms with Crippen LogP contribution in [-0.2, 0) is 13.0 Å². The Morgan fingerprint density at radius 3 is 2.93 bits per heavy atom. The number of H-pyrrole nitrogens is 2. The third kappa shape index (κ3) is 3.08. The van der Waals surface area contributed by atoms with E-state index < -0.39 is 0 Å². The van der Waals surface area contributed by atoms with E-state index in [2.05, 4.69) is 15.2 Å². The number of para-hydroxylation sites is 1. The largest absolute Gasteiger partial charge is 0.351 e. The number of nitrogens with two attached hydrogens (primary N) is 1. The van der Waals surface area contributed by atoms with Gasteiger partial charge >= 0.3 is 0 Å². The van der Waals surface area contributed by atoms with Crippen LogP contribution in [0.15, 0.2) is 30.3 Å². The summed E-state index contributed by atoms with van der Waals surface area (Å²) in [5, 5.41) is 8.12. The van der Waals surface area contributed by atoms with Gasteiger partial charge in [0.1, 0.15) is 11.4 Å². The molecule has 0 saturated carbocycles. The number of amides is 2. The molecule has 0 fully saturated rings. The number of nitrogens with zero attached hydrogens (tertiary/aromatic N) is 3. The lowest BCUT2D eigenvalue weighted by molar-refractivity contribution is 0.0719. The molecule has 2 aromatic heterocycles. The van der Waals surface area contributed by atoms with Crippen LogP contribution in [0, 0.1) is 0 Å². The standard InChI is InChI=1S/C19H22N6O2/c1-24(9-7-20)19(27)17-13-11-25(8-6-15(13)22-23-17)18(26)16-10-12-4-2-3-5-14(12)21-16/h2-5,10,21H,6-9,11,20H2,1H3,(H,22,23). The molecule has 0 aliphatic carbocycles. The first kappa shape index (κ1) is 17.3. The molecule has 27 heavy (non-hydrogen) atoms. The van der Waals surface area contributed by atoms with E-state index in [9.17, 15) is 9.59 Å². The Balaban J connectivity index is 1.58. The number of aromatic nitrogens is 3. The van der Waals surface area contributed by atoms with Gasteiger partial charge in [0.25, 0.3) is 11.8 Å². The maximum absolute atomic E-state index is 13.0. The third-order valence-corrected chi connectivity index (χ3v) is 4.99. The van der Waals surface area contributed by atoms with Crippen molar-refractivity contribution in [2.75, 3.05) is 26.7 Å². The molecule has 1 aliphatic heterocycles. The molecule has 8 heteroatoms. The van der Waals surface area contributed by atoms with Crippen molar-refractivity contribution in [2.24, 2.45) is 5.73 Å². The Hall–Kier alpha value is -3.13. The molecule has 0 atom stereocenters. The number of fused-ring (bicyclic) bond motifs is 2. The van der Waals surface area contributed by atoms with Crippen LogP contribution >= 0.6 is 0 Å². The number of nitrogens with one attached hydrogen (secondary N) is 2. The van der Waals surface area contributed by atoms with Gasteiger partial charge in [-0.15, -0.1) is 0 Å². The van der Waals surface area contributed by atoms with E-state index in [4.69, 9.17) is 5.73 Å². The molecule has 0 spiro atoms. The van der Waals surface area contributed by atoms with E-state index in [0.717, 1.165) is 22.2 Å². The molecule has 0 saturated heterocycles. The van der Waals surface area contributed by atoms with Crippen LogP contribution in [0.1, 0.15) is 32.2 Å². The maximum atomic E-state index is 13.0. The molecule has 4 rings (SSSR count). The van der Waals surface area contributed by atoms with Gasteiger partial charge < -0.3 is 20.5 Å². The average molecular weight is 366 g/mol. The Morgan fingerprint density at radius 2 is 2.15 bits per heavy atom. The second-order valence-corrected chi connectivity index (χ2v) is 6.79. The smallest absolute Gasteiger partial charge is 0.272 e. The van der Waals surface area contributed by atoms with Crippen molar-refractivity contribution >= 4 is 22.7 Å². The molecule has 3 heterocycles. The van der Waals surface area contributed by atoms with Crippen LogP contribution < -0.4 is 5.73 Å². The molecule has 0 radical (unpaired) electrons. The van der Waals surface area contributed by atoms with Gasteiger partial charge in [-0.25, -0.2) is 0 Å². The van der Waals surface area contributed by atoms with Crippen LogP contribution in [-0.4, -0.2) is 63.5 Å². The lowest BCUT2D eigenvalue weighted by atomic mass is 10.0. The van der Waals surface area contributed by atoms with Crippen LogP contribution in [0.3, 0.4) is 0 Å². The molecule has 0 bridgehead atoms. The van der Waals surface area contributed by atoms with E-state index in [1.54, 1.807) is 16.8 Å². The first-order valence-electron chi connectivity index (χ1n) is 8.97. The Bertz CT molecular complexity index is 972. The normalized spacial score (nSPS) is 13.6. The van der Waals surface area contributed by atoms with Gasteiger partial charge in [-0.1, -0.05) is 18.2 Å². The van der Waals surface area contributed by atoms with Crippen molar-refractivity contribution in [1.29, 1.82) is 0 Å². The molecule has 0 unspecified atom stereocenters. The van der Waals surface area contributed by atoms with Gasteiger partial charge in [0.15, 0.2) is 0 Å². The first-order chi connectivity index (χ1) is 13.1. The van der Waals surface area contributed by atoms with Gasteiger partial charge in [0, 0.05) is 49.6 Å². The number of hydrogen-bond acceptors (Lipinski definition) is 4. The number of hydrogen-bond donors (Lipinski definition) is 3. The summed E-state index contributed by atoms with van der Waals surface area (Å²) in [4.78, 5) is 32.1. The van der Waals surface area contributed by atoms with Gasteiger partial charge in [-0.05, 0) is 12.1 Å². The van der Waals surface area contributed by atoms with E-state index in [-0.39, 0.29) is 11.8 Å². The maximum Gasteiger partial charge on any atom is 0.272 e. The number of likely N-dealkylation sites (N-methyl/N-ethyl adjacent to an activating group) is 1. The zero-order valence-corrected chi connectivity index (χ0v) is 15.2. The molecular weight excluding hydrogens is 344 g/mol. The lowest BCUT2D eigenvalue weighted by Gasteiger charge is -2.27. The van der Waals surface area contributed by atoms with Crippen LogP contribution in [0.2, 0.25) is 0 Å². The van der Waals surface area contributed by atoms with E-state index >= 15 is 0 Å². The number of aromatic amines is 2. The molecule has 8 nitrogen and oxygen atoms in total. The summed E-state index contributed by atoms with van der Waals surface area (Å²) >= 11 is 0. The van der Waals surface area contributed by atoms with Crippen molar-refractivity contribution in [1.82, 2.24) is 25.0 Å². The predicted molar refractivity (Wildman–Crippen MR) is 101 cm³/mol. The highest BCUT2D eigenvalue weighted by atomic mass is 16.2. The molecule has 4 N–H and O–H groups in total. The van der Waals surface area contributed by atoms with Crippen molar-refractivity contribution in [3.05, 3.63) is 53.0 Å².